The normalized spacial score (nSPS) is 12.3. The Kier molecular flexibility index (Phi) is 53.8. The van der Waals surface area contributed by atoms with Crippen LogP contribution in [0, 0.1) is 0 Å². The molecule has 0 aromatic carbocycles. The van der Waals surface area contributed by atoms with Gasteiger partial charge in [0.05, 0.1) is 0 Å². The minimum absolute atomic E-state index is 0.0802. The number of hydrogen-bond acceptors (Lipinski definition) is 6. The lowest BCUT2D eigenvalue weighted by Gasteiger charge is -2.18. The van der Waals surface area contributed by atoms with Crippen molar-refractivity contribution in [2.75, 3.05) is 13.2 Å². The molecule has 0 aromatic rings. The van der Waals surface area contributed by atoms with Crippen molar-refractivity contribution in [2.45, 2.75) is 309 Å². The Hall–Kier alpha value is -2.63. The second-order valence-corrected chi connectivity index (χ2v) is 19.6. The molecule has 1 atom stereocenters. The molecular weight excluding hydrogens is 829 g/mol. The molecule has 6 nitrogen and oxygen atoms in total. The number of hydrogen-bond donors (Lipinski definition) is 0. The van der Waals surface area contributed by atoms with Crippen LogP contribution in [0.4, 0.5) is 0 Å². The number of esters is 3. The van der Waals surface area contributed by atoms with Crippen LogP contribution in [0.3, 0.4) is 0 Å². The minimum Gasteiger partial charge on any atom is -0.462 e. The molecule has 1 unspecified atom stereocenters. The SMILES string of the molecule is CCCCCCC\C=C/C=C\C=C/CCCCCCCC(=O)OCC(COC(=O)CCCCCCCCCCCCCCCCC)OC(=O)CCCCCCC/C=C\CCCCCCCCC. The molecule has 0 fully saturated rings. The Morgan fingerprint density at radius 3 is 0.866 bits per heavy atom. The van der Waals surface area contributed by atoms with Gasteiger partial charge in [-0.15, -0.1) is 0 Å². The number of carbonyl (C=O) groups is 3. The highest BCUT2D eigenvalue weighted by Crippen LogP contribution is 2.16. The van der Waals surface area contributed by atoms with E-state index in [2.05, 4.69) is 69.4 Å². The molecule has 0 radical (unpaired) electrons. The predicted molar refractivity (Wildman–Crippen MR) is 289 cm³/mol. The van der Waals surface area contributed by atoms with Gasteiger partial charge in [-0.2, -0.15) is 0 Å². The average molecular weight is 940 g/mol. The lowest BCUT2D eigenvalue weighted by molar-refractivity contribution is -0.167. The zero-order valence-electron chi connectivity index (χ0n) is 44.7. The Morgan fingerprint density at radius 2 is 0.552 bits per heavy atom. The van der Waals surface area contributed by atoms with Crippen LogP contribution in [0.15, 0.2) is 48.6 Å². The van der Waals surface area contributed by atoms with Crippen LogP contribution in [-0.4, -0.2) is 37.2 Å². The second-order valence-electron chi connectivity index (χ2n) is 19.6. The summed E-state index contributed by atoms with van der Waals surface area (Å²) in [6.45, 7) is 6.63. The highest BCUT2D eigenvalue weighted by Gasteiger charge is 2.19. The molecule has 0 amide bonds. The molecule has 390 valence electrons. The summed E-state index contributed by atoms with van der Waals surface area (Å²) in [4.78, 5) is 38.2. The van der Waals surface area contributed by atoms with Crippen LogP contribution in [-0.2, 0) is 28.6 Å². The van der Waals surface area contributed by atoms with E-state index in [1.807, 2.05) is 0 Å². The van der Waals surface area contributed by atoms with Crippen LogP contribution < -0.4 is 0 Å². The van der Waals surface area contributed by atoms with Crippen molar-refractivity contribution in [2.24, 2.45) is 0 Å². The maximum atomic E-state index is 12.9. The molecule has 0 saturated heterocycles. The highest BCUT2D eigenvalue weighted by atomic mass is 16.6. The third-order valence-corrected chi connectivity index (χ3v) is 12.9. The van der Waals surface area contributed by atoms with Gasteiger partial charge in [0.2, 0.25) is 0 Å². The van der Waals surface area contributed by atoms with E-state index < -0.39 is 6.10 Å². The number of rotatable bonds is 53. The summed E-state index contributed by atoms with van der Waals surface area (Å²) < 4.78 is 16.9. The van der Waals surface area contributed by atoms with Crippen molar-refractivity contribution in [3.05, 3.63) is 48.6 Å². The van der Waals surface area contributed by atoms with Gasteiger partial charge in [-0.05, 0) is 70.6 Å². The van der Waals surface area contributed by atoms with Gasteiger partial charge in [0.15, 0.2) is 6.10 Å². The largest absolute Gasteiger partial charge is 0.462 e. The summed E-state index contributed by atoms with van der Waals surface area (Å²) in [6, 6.07) is 0. The van der Waals surface area contributed by atoms with Crippen molar-refractivity contribution >= 4 is 17.9 Å². The lowest BCUT2D eigenvalue weighted by Crippen LogP contribution is -2.30. The van der Waals surface area contributed by atoms with Crippen LogP contribution >= 0.6 is 0 Å². The molecule has 67 heavy (non-hydrogen) atoms. The Balaban J connectivity index is 4.40. The predicted octanol–water partition coefficient (Wildman–Crippen LogP) is 19.4. The molecule has 0 rings (SSSR count). The van der Waals surface area contributed by atoms with Crippen molar-refractivity contribution in [3.63, 3.8) is 0 Å². The van der Waals surface area contributed by atoms with E-state index in [1.165, 1.54) is 173 Å². The van der Waals surface area contributed by atoms with Crippen LogP contribution in [0.1, 0.15) is 303 Å². The van der Waals surface area contributed by atoms with Gasteiger partial charge in [-0.3, -0.25) is 14.4 Å². The lowest BCUT2D eigenvalue weighted by atomic mass is 10.0. The van der Waals surface area contributed by atoms with Crippen molar-refractivity contribution < 1.29 is 28.6 Å². The molecule has 0 saturated carbocycles. The summed E-state index contributed by atoms with van der Waals surface area (Å²) in [6.07, 6.45) is 68.1. The van der Waals surface area contributed by atoms with Gasteiger partial charge in [-0.1, -0.05) is 262 Å². The molecule has 0 bridgehead atoms. The van der Waals surface area contributed by atoms with Crippen molar-refractivity contribution in [1.29, 1.82) is 0 Å². The topological polar surface area (TPSA) is 78.9 Å². The number of unbranched alkanes of at least 4 members (excludes halogenated alkanes) is 36. The number of ether oxygens (including phenoxy) is 3. The summed E-state index contributed by atoms with van der Waals surface area (Å²) in [5.74, 6) is -0.894. The third-order valence-electron chi connectivity index (χ3n) is 12.9. The first kappa shape index (κ1) is 64.4. The first-order valence-electron chi connectivity index (χ1n) is 29.2. The standard InChI is InChI=1S/C61H110O6/c1-4-7-10-13-16-19-22-25-28-30-31-34-36-39-42-45-48-51-54-60(63)66-57-58(56-65-59(62)53-50-47-44-41-38-35-32-27-24-21-18-15-12-9-6-3)67-61(64)55-52-49-46-43-40-37-33-29-26-23-20-17-14-11-8-5-2/h22,25,28-31,33-34,58H,4-21,23-24,26-27,32,35-57H2,1-3H3/b25-22-,30-28-,33-29-,34-31-. The molecular formula is C61H110O6. The molecule has 6 heteroatoms. The average Bonchev–Trinajstić information content (AvgIpc) is 3.33. The molecule has 0 spiro atoms. The number of carbonyl (C=O) groups excluding carboxylic acids is 3. The molecule has 0 aliphatic heterocycles. The van der Waals surface area contributed by atoms with E-state index in [9.17, 15) is 14.4 Å². The Bertz CT molecular complexity index is 1170. The fourth-order valence-corrected chi connectivity index (χ4v) is 8.44. The van der Waals surface area contributed by atoms with E-state index in [0.717, 1.165) is 89.9 Å². The first-order chi connectivity index (χ1) is 33.0. The maximum absolute atomic E-state index is 12.9. The first-order valence-corrected chi connectivity index (χ1v) is 29.2. The molecule has 0 aromatic heterocycles. The van der Waals surface area contributed by atoms with Gasteiger partial charge in [0.25, 0.3) is 0 Å². The van der Waals surface area contributed by atoms with Crippen molar-refractivity contribution in [3.8, 4) is 0 Å². The quantitative estimate of drug-likeness (QED) is 0.0199. The van der Waals surface area contributed by atoms with Gasteiger partial charge in [0.1, 0.15) is 13.2 Å². The second kappa shape index (κ2) is 56.0. The minimum atomic E-state index is -0.784. The van der Waals surface area contributed by atoms with Crippen molar-refractivity contribution in [1.82, 2.24) is 0 Å². The third kappa shape index (κ3) is 54.2. The zero-order valence-corrected chi connectivity index (χ0v) is 44.7. The van der Waals surface area contributed by atoms with E-state index in [1.54, 1.807) is 0 Å². The van der Waals surface area contributed by atoms with E-state index in [4.69, 9.17) is 14.2 Å². The monoisotopic (exact) mass is 939 g/mol. The summed E-state index contributed by atoms with van der Waals surface area (Å²) >= 11 is 0. The zero-order chi connectivity index (χ0) is 48.6. The summed E-state index contributed by atoms with van der Waals surface area (Å²) in [5, 5.41) is 0. The number of allylic oxidation sites excluding steroid dienone is 8. The van der Waals surface area contributed by atoms with E-state index >= 15 is 0 Å². The summed E-state index contributed by atoms with van der Waals surface area (Å²) in [5.41, 5.74) is 0. The Morgan fingerprint density at radius 1 is 0.299 bits per heavy atom. The van der Waals surface area contributed by atoms with E-state index in [0.29, 0.717) is 19.3 Å². The highest BCUT2D eigenvalue weighted by molar-refractivity contribution is 5.71. The van der Waals surface area contributed by atoms with Gasteiger partial charge >= 0.3 is 17.9 Å². The Labute approximate surface area is 416 Å². The van der Waals surface area contributed by atoms with Gasteiger partial charge < -0.3 is 14.2 Å². The molecule has 0 heterocycles. The van der Waals surface area contributed by atoms with Gasteiger partial charge in [-0.25, -0.2) is 0 Å². The van der Waals surface area contributed by atoms with Gasteiger partial charge in [0, 0.05) is 19.3 Å². The van der Waals surface area contributed by atoms with Crippen LogP contribution in [0.5, 0.6) is 0 Å². The molecule has 0 aliphatic carbocycles. The fraction of sp³-hybridized carbons (Fsp3) is 0.820. The van der Waals surface area contributed by atoms with Crippen LogP contribution in [0.25, 0.3) is 0 Å². The molecule has 0 N–H and O–H groups in total. The maximum Gasteiger partial charge on any atom is 0.306 e. The van der Waals surface area contributed by atoms with E-state index in [-0.39, 0.29) is 31.1 Å². The fourth-order valence-electron chi connectivity index (χ4n) is 8.44. The van der Waals surface area contributed by atoms with Crippen LogP contribution in [0.2, 0.25) is 0 Å². The summed E-state index contributed by atoms with van der Waals surface area (Å²) in [7, 11) is 0. The smallest absolute Gasteiger partial charge is 0.306 e. The molecule has 0 aliphatic rings.